The van der Waals surface area contributed by atoms with Crippen molar-refractivity contribution < 1.29 is 4.79 Å². The van der Waals surface area contributed by atoms with Crippen LogP contribution >= 0.6 is 12.4 Å². The Hall–Kier alpha value is -2.07. The van der Waals surface area contributed by atoms with Crippen LogP contribution in [0.25, 0.3) is 0 Å². The first-order valence-electron chi connectivity index (χ1n) is 6.87. The molecule has 0 radical (unpaired) electrons. The van der Waals surface area contributed by atoms with Gasteiger partial charge in [-0.2, -0.15) is 0 Å². The number of hydrogen-bond acceptors (Lipinski definition) is 3. The SMILES string of the molecule is Cl.O=C(NCCc1ccncc1)c1ccc2c(c1)CCN2. The van der Waals surface area contributed by atoms with Crippen molar-refractivity contribution in [2.75, 3.05) is 18.4 Å². The molecule has 1 amide bonds. The maximum Gasteiger partial charge on any atom is 0.251 e. The summed E-state index contributed by atoms with van der Waals surface area (Å²) in [7, 11) is 0. The summed E-state index contributed by atoms with van der Waals surface area (Å²) >= 11 is 0. The number of fused-ring (bicyclic) bond motifs is 1. The van der Waals surface area contributed by atoms with Crippen LogP contribution in [-0.4, -0.2) is 24.0 Å². The van der Waals surface area contributed by atoms with Crippen molar-refractivity contribution in [1.29, 1.82) is 0 Å². The van der Waals surface area contributed by atoms with Gasteiger partial charge in [-0.15, -0.1) is 12.4 Å². The molecule has 2 aromatic rings. The van der Waals surface area contributed by atoms with Crippen LogP contribution in [0.2, 0.25) is 0 Å². The highest BCUT2D eigenvalue weighted by Crippen LogP contribution is 2.22. The molecule has 4 nitrogen and oxygen atoms in total. The number of amides is 1. The normalized spacial score (nSPS) is 12.0. The van der Waals surface area contributed by atoms with Gasteiger partial charge in [0, 0.05) is 36.7 Å². The van der Waals surface area contributed by atoms with Crippen molar-refractivity contribution in [2.24, 2.45) is 0 Å². The van der Waals surface area contributed by atoms with Gasteiger partial charge in [-0.05, 0) is 54.3 Å². The molecule has 21 heavy (non-hydrogen) atoms. The van der Waals surface area contributed by atoms with Gasteiger partial charge in [0.15, 0.2) is 0 Å². The van der Waals surface area contributed by atoms with Crippen molar-refractivity contribution in [3.8, 4) is 0 Å². The zero-order valence-electron chi connectivity index (χ0n) is 11.6. The number of pyridine rings is 1. The average molecular weight is 304 g/mol. The van der Waals surface area contributed by atoms with Gasteiger partial charge in [-0.1, -0.05) is 0 Å². The molecule has 0 unspecified atom stereocenters. The summed E-state index contributed by atoms with van der Waals surface area (Å²) in [6, 6.07) is 9.77. The number of rotatable bonds is 4. The first-order chi connectivity index (χ1) is 9.83. The zero-order valence-corrected chi connectivity index (χ0v) is 12.5. The average Bonchev–Trinajstić information content (AvgIpc) is 2.95. The number of benzene rings is 1. The van der Waals surface area contributed by atoms with Gasteiger partial charge < -0.3 is 10.6 Å². The molecular formula is C16H18ClN3O. The molecule has 1 aromatic heterocycles. The lowest BCUT2D eigenvalue weighted by Gasteiger charge is -2.07. The third kappa shape index (κ3) is 3.73. The van der Waals surface area contributed by atoms with E-state index in [2.05, 4.69) is 15.6 Å². The smallest absolute Gasteiger partial charge is 0.251 e. The summed E-state index contributed by atoms with van der Waals surface area (Å²) in [5.41, 5.74) is 4.30. The van der Waals surface area contributed by atoms with Crippen LogP contribution < -0.4 is 10.6 Å². The van der Waals surface area contributed by atoms with Crippen molar-refractivity contribution in [1.82, 2.24) is 10.3 Å². The van der Waals surface area contributed by atoms with Gasteiger partial charge >= 0.3 is 0 Å². The maximum atomic E-state index is 12.1. The van der Waals surface area contributed by atoms with Gasteiger partial charge in [0.05, 0.1) is 0 Å². The first-order valence-corrected chi connectivity index (χ1v) is 6.87. The molecule has 110 valence electrons. The minimum Gasteiger partial charge on any atom is -0.384 e. The summed E-state index contributed by atoms with van der Waals surface area (Å²) in [5, 5.41) is 6.25. The monoisotopic (exact) mass is 303 g/mol. The van der Waals surface area contributed by atoms with Crippen molar-refractivity contribution in [3.05, 3.63) is 59.4 Å². The lowest BCUT2D eigenvalue weighted by Crippen LogP contribution is -2.25. The van der Waals surface area contributed by atoms with Gasteiger partial charge in [0.1, 0.15) is 0 Å². The first kappa shape index (κ1) is 15.3. The number of aromatic nitrogens is 1. The van der Waals surface area contributed by atoms with Crippen LogP contribution in [0.1, 0.15) is 21.5 Å². The lowest BCUT2D eigenvalue weighted by atomic mass is 10.1. The lowest BCUT2D eigenvalue weighted by molar-refractivity contribution is 0.0954. The third-order valence-electron chi connectivity index (χ3n) is 3.53. The number of hydrogen-bond donors (Lipinski definition) is 2. The Bertz CT molecular complexity index is 616. The third-order valence-corrected chi connectivity index (χ3v) is 3.53. The zero-order chi connectivity index (χ0) is 13.8. The second-order valence-corrected chi connectivity index (χ2v) is 4.91. The number of halogens is 1. The van der Waals surface area contributed by atoms with Crippen molar-refractivity contribution in [3.63, 3.8) is 0 Å². The second-order valence-electron chi connectivity index (χ2n) is 4.91. The Morgan fingerprint density at radius 1 is 1.24 bits per heavy atom. The molecule has 0 fully saturated rings. The van der Waals surface area contributed by atoms with Crippen LogP contribution in [-0.2, 0) is 12.8 Å². The highest BCUT2D eigenvalue weighted by molar-refractivity contribution is 5.95. The maximum absolute atomic E-state index is 12.1. The van der Waals surface area contributed by atoms with Gasteiger partial charge in [0.2, 0.25) is 0 Å². The van der Waals surface area contributed by atoms with Crippen LogP contribution in [0.5, 0.6) is 0 Å². The number of nitrogens with zero attached hydrogens (tertiary/aromatic N) is 1. The van der Waals surface area contributed by atoms with E-state index in [1.165, 1.54) is 11.1 Å². The molecule has 0 saturated heterocycles. The molecule has 5 heteroatoms. The van der Waals surface area contributed by atoms with E-state index < -0.39 is 0 Å². The van der Waals surface area contributed by atoms with E-state index in [0.717, 1.165) is 30.6 Å². The van der Waals surface area contributed by atoms with Gasteiger partial charge in [-0.3, -0.25) is 9.78 Å². The Morgan fingerprint density at radius 2 is 2.05 bits per heavy atom. The molecule has 3 rings (SSSR count). The van der Waals surface area contributed by atoms with Crippen LogP contribution in [0, 0.1) is 0 Å². The number of nitrogens with one attached hydrogen (secondary N) is 2. The minimum atomic E-state index is -0.00578. The minimum absolute atomic E-state index is 0. The van der Waals surface area contributed by atoms with Gasteiger partial charge in [-0.25, -0.2) is 0 Å². The molecule has 0 bridgehead atoms. The van der Waals surface area contributed by atoms with E-state index in [1.54, 1.807) is 12.4 Å². The fraction of sp³-hybridized carbons (Fsp3) is 0.250. The number of carbonyl (C=O) groups is 1. The summed E-state index contributed by atoms with van der Waals surface area (Å²) in [6.45, 7) is 1.60. The van der Waals surface area contributed by atoms with E-state index >= 15 is 0 Å². The molecule has 0 saturated carbocycles. The quantitative estimate of drug-likeness (QED) is 0.912. The summed E-state index contributed by atoms with van der Waals surface area (Å²) in [4.78, 5) is 16.1. The predicted molar refractivity (Wildman–Crippen MR) is 86.2 cm³/mol. The van der Waals surface area contributed by atoms with E-state index in [9.17, 15) is 4.79 Å². The van der Waals surface area contributed by atoms with Crippen molar-refractivity contribution in [2.45, 2.75) is 12.8 Å². The summed E-state index contributed by atoms with van der Waals surface area (Å²) in [6.07, 6.45) is 5.35. The molecule has 0 aliphatic carbocycles. The number of carbonyl (C=O) groups excluding carboxylic acids is 1. The topological polar surface area (TPSA) is 54.0 Å². The predicted octanol–water partition coefficient (Wildman–Crippen LogP) is 2.44. The highest BCUT2D eigenvalue weighted by atomic mass is 35.5. The van der Waals surface area contributed by atoms with E-state index in [4.69, 9.17) is 0 Å². The summed E-state index contributed by atoms with van der Waals surface area (Å²) in [5.74, 6) is -0.00578. The second kappa shape index (κ2) is 7.09. The highest BCUT2D eigenvalue weighted by Gasteiger charge is 2.13. The standard InChI is InChI=1S/C16H17N3O.ClH/c20-16(19-9-5-12-3-7-17-8-4-12)14-1-2-15-13(11-14)6-10-18-15;/h1-4,7-8,11,18H,5-6,9-10H2,(H,19,20);1H. The fourth-order valence-electron chi connectivity index (χ4n) is 2.42. The molecule has 2 heterocycles. The molecule has 1 aromatic carbocycles. The molecule has 1 aliphatic rings. The molecule has 2 N–H and O–H groups in total. The molecule has 1 aliphatic heterocycles. The Balaban J connectivity index is 0.00000161. The van der Waals surface area contributed by atoms with Crippen LogP contribution in [0.3, 0.4) is 0 Å². The van der Waals surface area contributed by atoms with Gasteiger partial charge in [0.25, 0.3) is 5.91 Å². The largest absolute Gasteiger partial charge is 0.384 e. The number of anilines is 1. The Morgan fingerprint density at radius 3 is 2.86 bits per heavy atom. The molecular weight excluding hydrogens is 286 g/mol. The molecule has 0 spiro atoms. The van der Waals surface area contributed by atoms with E-state index in [0.29, 0.717) is 6.54 Å². The fourth-order valence-corrected chi connectivity index (χ4v) is 2.42. The van der Waals surface area contributed by atoms with Crippen LogP contribution in [0.15, 0.2) is 42.7 Å². The van der Waals surface area contributed by atoms with E-state index in [1.807, 2.05) is 30.3 Å². The van der Waals surface area contributed by atoms with E-state index in [-0.39, 0.29) is 18.3 Å². The Kier molecular flexibility index (Phi) is 5.17. The Labute approximate surface area is 130 Å². The van der Waals surface area contributed by atoms with Crippen molar-refractivity contribution >= 4 is 24.0 Å². The molecule has 0 atom stereocenters. The van der Waals surface area contributed by atoms with Crippen LogP contribution in [0.4, 0.5) is 5.69 Å². The summed E-state index contributed by atoms with van der Waals surface area (Å²) < 4.78 is 0.